The zero-order valence-corrected chi connectivity index (χ0v) is 16.5. The van der Waals surface area contributed by atoms with E-state index in [4.69, 9.17) is 4.74 Å². The Morgan fingerprint density at radius 2 is 2.04 bits per heavy atom. The van der Waals surface area contributed by atoms with Crippen LogP contribution in [-0.4, -0.2) is 35.9 Å². The van der Waals surface area contributed by atoms with E-state index >= 15 is 0 Å². The summed E-state index contributed by atoms with van der Waals surface area (Å²) in [7, 11) is 1.66. The summed E-state index contributed by atoms with van der Waals surface area (Å²) in [6.07, 6.45) is 2.94. The summed E-state index contributed by atoms with van der Waals surface area (Å²) in [5.41, 5.74) is 1.91. The third-order valence-corrected chi connectivity index (χ3v) is 4.90. The molecule has 0 aliphatic heterocycles. The number of guanidine groups is 1. The minimum absolute atomic E-state index is 0.525. The van der Waals surface area contributed by atoms with E-state index in [0.717, 1.165) is 42.6 Å². The minimum atomic E-state index is 0.525. The van der Waals surface area contributed by atoms with Crippen molar-refractivity contribution in [2.45, 2.75) is 19.9 Å². The number of nitrogens with one attached hydrogen (secondary N) is 2. The molecule has 6 nitrogen and oxygen atoms in total. The van der Waals surface area contributed by atoms with E-state index in [0.29, 0.717) is 6.54 Å². The Labute approximate surface area is 163 Å². The van der Waals surface area contributed by atoms with Crippen LogP contribution in [0, 0.1) is 0 Å². The topological polar surface area (TPSA) is 63.5 Å². The maximum absolute atomic E-state index is 5.19. The van der Waals surface area contributed by atoms with Crippen LogP contribution in [0.1, 0.15) is 17.5 Å². The Morgan fingerprint density at radius 1 is 1.19 bits per heavy atom. The SMILES string of the molecule is CCNC(=NCc1ccn(-c2ccc(OC)cc2)n1)NCCc1cccs1. The van der Waals surface area contributed by atoms with Gasteiger partial charge in [0.1, 0.15) is 5.75 Å². The highest BCUT2D eigenvalue weighted by Crippen LogP contribution is 2.14. The molecule has 0 aliphatic rings. The molecule has 0 saturated carbocycles. The first-order chi connectivity index (χ1) is 13.3. The van der Waals surface area contributed by atoms with Gasteiger partial charge in [-0.05, 0) is 55.1 Å². The summed E-state index contributed by atoms with van der Waals surface area (Å²) in [6.45, 7) is 4.27. The minimum Gasteiger partial charge on any atom is -0.497 e. The molecule has 0 fully saturated rings. The van der Waals surface area contributed by atoms with Crippen molar-refractivity contribution in [2.24, 2.45) is 4.99 Å². The Hall–Kier alpha value is -2.80. The summed E-state index contributed by atoms with van der Waals surface area (Å²) < 4.78 is 7.04. The molecule has 0 radical (unpaired) electrons. The molecule has 0 saturated heterocycles. The summed E-state index contributed by atoms with van der Waals surface area (Å²) in [5, 5.41) is 13.4. The van der Waals surface area contributed by atoms with Crippen LogP contribution in [0.3, 0.4) is 0 Å². The van der Waals surface area contributed by atoms with Gasteiger partial charge in [-0.15, -0.1) is 11.3 Å². The first-order valence-corrected chi connectivity index (χ1v) is 9.90. The smallest absolute Gasteiger partial charge is 0.191 e. The molecule has 142 valence electrons. The number of methoxy groups -OCH3 is 1. The van der Waals surface area contributed by atoms with Gasteiger partial charge in [-0.2, -0.15) is 5.10 Å². The molecule has 2 N–H and O–H groups in total. The molecule has 1 aromatic carbocycles. The lowest BCUT2D eigenvalue weighted by Crippen LogP contribution is -2.38. The molecule has 2 aromatic heterocycles. The van der Waals surface area contributed by atoms with Crippen LogP contribution < -0.4 is 15.4 Å². The summed E-state index contributed by atoms with van der Waals surface area (Å²) in [5.74, 6) is 1.65. The third-order valence-electron chi connectivity index (χ3n) is 3.97. The molecule has 0 amide bonds. The number of nitrogens with zero attached hydrogens (tertiary/aromatic N) is 3. The van der Waals surface area contributed by atoms with E-state index < -0.39 is 0 Å². The predicted molar refractivity (Wildman–Crippen MR) is 111 cm³/mol. The fraction of sp³-hybridized carbons (Fsp3) is 0.300. The molecule has 0 atom stereocenters. The van der Waals surface area contributed by atoms with Gasteiger partial charge in [0.2, 0.25) is 0 Å². The van der Waals surface area contributed by atoms with Gasteiger partial charge in [0.05, 0.1) is 25.0 Å². The van der Waals surface area contributed by atoms with Crippen LogP contribution >= 0.6 is 11.3 Å². The van der Waals surface area contributed by atoms with Gasteiger partial charge < -0.3 is 15.4 Å². The molecule has 7 heteroatoms. The van der Waals surface area contributed by atoms with Crippen molar-refractivity contribution in [1.82, 2.24) is 20.4 Å². The van der Waals surface area contributed by atoms with E-state index in [1.807, 2.05) is 41.2 Å². The molecule has 0 aliphatic carbocycles. The maximum Gasteiger partial charge on any atom is 0.191 e. The number of hydrogen-bond donors (Lipinski definition) is 2. The summed E-state index contributed by atoms with van der Waals surface area (Å²) in [6, 6.07) is 14.0. The van der Waals surface area contributed by atoms with E-state index in [1.165, 1.54) is 4.88 Å². The van der Waals surface area contributed by atoms with Gasteiger partial charge in [0, 0.05) is 24.2 Å². The highest BCUT2D eigenvalue weighted by Gasteiger charge is 2.03. The number of hydrogen-bond acceptors (Lipinski definition) is 4. The van der Waals surface area contributed by atoms with Crippen molar-refractivity contribution >= 4 is 17.3 Å². The fourth-order valence-electron chi connectivity index (χ4n) is 2.59. The number of rotatable bonds is 8. The molecule has 2 heterocycles. The lowest BCUT2D eigenvalue weighted by molar-refractivity contribution is 0.414. The summed E-state index contributed by atoms with van der Waals surface area (Å²) in [4.78, 5) is 6.01. The molecular weight excluding hydrogens is 358 g/mol. The number of benzene rings is 1. The van der Waals surface area contributed by atoms with Crippen LogP contribution in [0.5, 0.6) is 5.75 Å². The second kappa shape index (κ2) is 9.78. The van der Waals surface area contributed by atoms with E-state index in [9.17, 15) is 0 Å². The molecule has 3 aromatic rings. The zero-order valence-electron chi connectivity index (χ0n) is 15.7. The van der Waals surface area contributed by atoms with E-state index in [1.54, 1.807) is 18.4 Å². The van der Waals surface area contributed by atoms with Gasteiger partial charge in [-0.3, -0.25) is 0 Å². The zero-order chi connectivity index (χ0) is 18.9. The number of aliphatic imine (C=N–C) groups is 1. The van der Waals surface area contributed by atoms with Crippen molar-refractivity contribution in [3.05, 3.63) is 64.6 Å². The van der Waals surface area contributed by atoms with Gasteiger partial charge in [0.15, 0.2) is 5.96 Å². The molecule has 27 heavy (non-hydrogen) atoms. The number of thiophene rings is 1. The first kappa shape index (κ1) is 19.0. The molecule has 0 spiro atoms. The lowest BCUT2D eigenvalue weighted by Gasteiger charge is -2.10. The van der Waals surface area contributed by atoms with Gasteiger partial charge in [-0.25, -0.2) is 9.67 Å². The van der Waals surface area contributed by atoms with E-state index in [-0.39, 0.29) is 0 Å². The van der Waals surface area contributed by atoms with Crippen molar-refractivity contribution in [2.75, 3.05) is 20.2 Å². The van der Waals surface area contributed by atoms with Crippen LogP contribution in [-0.2, 0) is 13.0 Å². The van der Waals surface area contributed by atoms with Crippen LogP contribution in [0.15, 0.2) is 59.0 Å². The molecular formula is C20H25N5OS. The quantitative estimate of drug-likeness (QED) is 0.463. The van der Waals surface area contributed by atoms with Gasteiger partial charge in [0.25, 0.3) is 0 Å². The monoisotopic (exact) mass is 383 g/mol. The predicted octanol–water partition coefficient (Wildman–Crippen LogP) is 3.24. The normalized spacial score (nSPS) is 11.4. The van der Waals surface area contributed by atoms with Crippen LogP contribution in [0.25, 0.3) is 5.69 Å². The Balaban J connectivity index is 1.57. The standard InChI is InChI=1S/C20H25N5OS/c1-3-21-20(22-12-10-19-5-4-14-27-19)23-15-16-11-13-25(24-16)17-6-8-18(26-2)9-7-17/h4-9,11,13-14H,3,10,12,15H2,1-2H3,(H2,21,22,23). The summed E-state index contributed by atoms with van der Waals surface area (Å²) >= 11 is 1.78. The van der Waals surface area contributed by atoms with Gasteiger partial charge in [-0.1, -0.05) is 6.07 Å². The average Bonchev–Trinajstić information content (AvgIpc) is 3.38. The van der Waals surface area contributed by atoms with Crippen molar-refractivity contribution in [1.29, 1.82) is 0 Å². The third kappa shape index (κ3) is 5.59. The van der Waals surface area contributed by atoms with Crippen LogP contribution in [0.4, 0.5) is 0 Å². The number of ether oxygens (including phenoxy) is 1. The highest BCUT2D eigenvalue weighted by atomic mass is 32.1. The second-order valence-corrected chi connectivity index (χ2v) is 6.93. The largest absolute Gasteiger partial charge is 0.497 e. The fourth-order valence-corrected chi connectivity index (χ4v) is 3.29. The number of aromatic nitrogens is 2. The van der Waals surface area contributed by atoms with Crippen molar-refractivity contribution in [3.8, 4) is 11.4 Å². The van der Waals surface area contributed by atoms with E-state index in [2.05, 4.69) is 45.2 Å². The van der Waals surface area contributed by atoms with Gasteiger partial charge >= 0.3 is 0 Å². The van der Waals surface area contributed by atoms with Crippen molar-refractivity contribution in [3.63, 3.8) is 0 Å². The maximum atomic E-state index is 5.19. The Morgan fingerprint density at radius 3 is 2.74 bits per heavy atom. The van der Waals surface area contributed by atoms with Crippen molar-refractivity contribution < 1.29 is 4.74 Å². The Kier molecular flexibility index (Phi) is 6.87. The average molecular weight is 384 g/mol. The highest BCUT2D eigenvalue weighted by molar-refractivity contribution is 7.09. The first-order valence-electron chi connectivity index (χ1n) is 9.02. The molecule has 0 unspecified atom stereocenters. The van der Waals surface area contributed by atoms with Crippen LogP contribution in [0.2, 0.25) is 0 Å². The molecule has 0 bridgehead atoms. The lowest BCUT2D eigenvalue weighted by atomic mass is 10.3. The Bertz CT molecular complexity index is 840. The second-order valence-electron chi connectivity index (χ2n) is 5.90. The molecule has 3 rings (SSSR count).